The molecule has 166 valence electrons. The third kappa shape index (κ3) is 5.58. The Morgan fingerprint density at radius 2 is 1.59 bits per heavy atom. The standard InChI is InChI=1S/C21H19N3O7S/c25-20(4-1-13-22-21(26)19-3-2-14-31-19)23-15-5-9-17(10-6-15)32(29,30)18-11-7-16(8-12-18)24(27)28/h2-3,5-12,14H,1,4,13H2,(H,22,26)(H,23,25). The fourth-order valence-corrected chi connectivity index (χ4v) is 4.03. The lowest BCUT2D eigenvalue weighted by Crippen LogP contribution is -2.25. The number of carbonyl (C=O) groups excluding carboxylic acids is 2. The number of hydrogen-bond acceptors (Lipinski definition) is 7. The minimum absolute atomic E-state index is 0.00927. The van der Waals surface area contributed by atoms with E-state index in [9.17, 15) is 28.1 Å². The molecule has 3 aromatic rings. The van der Waals surface area contributed by atoms with E-state index < -0.39 is 14.8 Å². The van der Waals surface area contributed by atoms with Gasteiger partial charge in [-0.1, -0.05) is 0 Å². The molecule has 0 saturated heterocycles. The molecule has 1 heterocycles. The van der Waals surface area contributed by atoms with Crippen LogP contribution in [-0.2, 0) is 14.6 Å². The smallest absolute Gasteiger partial charge is 0.286 e. The third-order valence-electron chi connectivity index (χ3n) is 4.42. The van der Waals surface area contributed by atoms with E-state index in [-0.39, 0.29) is 39.5 Å². The van der Waals surface area contributed by atoms with Crippen LogP contribution in [0.25, 0.3) is 0 Å². The Balaban J connectivity index is 1.51. The number of nitrogens with one attached hydrogen (secondary N) is 2. The summed E-state index contributed by atoms with van der Waals surface area (Å²) in [6.45, 7) is 0.291. The SMILES string of the molecule is O=C(CCCNC(=O)c1ccco1)Nc1ccc(S(=O)(=O)c2ccc([N+](=O)[O-])cc2)cc1. The molecule has 11 heteroatoms. The fourth-order valence-electron chi connectivity index (χ4n) is 2.77. The maximum atomic E-state index is 12.7. The molecule has 3 rings (SSSR count). The molecule has 2 amide bonds. The van der Waals surface area contributed by atoms with E-state index in [1.807, 2.05) is 0 Å². The van der Waals surface area contributed by atoms with Gasteiger partial charge in [-0.05, 0) is 55.0 Å². The van der Waals surface area contributed by atoms with Crippen molar-refractivity contribution in [2.45, 2.75) is 22.6 Å². The summed E-state index contributed by atoms with van der Waals surface area (Å²) in [6.07, 6.45) is 1.96. The number of benzene rings is 2. The lowest BCUT2D eigenvalue weighted by molar-refractivity contribution is -0.384. The fraction of sp³-hybridized carbons (Fsp3) is 0.143. The normalized spacial score (nSPS) is 11.0. The van der Waals surface area contributed by atoms with Gasteiger partial charge in [-0.2, -0.15) is 0 Å². The Morgan fingerprint density at radius 1 is 0.969 bits per heavy atom. The summed E-state index contributed by atoms with van der Waals surface area (Å²) in [5, 5.41) is 16.0. The number of amides is 2. The number of furan rings is 1. The topological polar surface area (TPSA) is 149 Å². The maximum absolute atomic E-state index is 12.7. The summed E-state index contributed by atoms with van der Waals surface area (Å²) in [5.41, 5.74) is 0.208. The number of nitrogens with zero attached hydrogens (tertiary/aromatic N) is 1. The molecule has 0 aliphatic heterocycles. The maximum Gasteiger partial charge on any atom is 0.286 e. The zero-order valence-corrected chi connectivity index (χ0v) is 17.5. The van der Waals surface area contributed by atoms with Crippen LogP contribution in [0.2, 0.25) is 0 Å². The first-order valence-corrected chi connectivity index (χ1v) is 11.0. The average molecular weight is 457 g/mol. The van der Waals surface area contributed by atoms with E-state index in [0.717, 1.165) is 12.1 Å². The summed E-state index contributed by atoms with van der Waals surface area (Å²) in [6, 6.07) is 13.3. The summed E-state index contributed by atoms with van der Waals surface area (Å²) >= 11 is 0. The van der Waals surface area contributed by atoms with Gasteiger partial charge < -0.3 is 15.1 Å². The predicted molar refractivity (Wildman–Crippen MR) is 114 cm³/mol. The van der Waals surface area contributed by atoms with E-state index in [0.29, 0.717) is 18.7 Å². The Labute approximate surface area is 183 Å². The molecule has 0 bridgehead atoms. The summed E-state index contributed by atoms with van der Waals surface area (Å²) < 4.78 is 30.3. The molecular weight excluding hydrogens is 438 g/mol. The first kappa shape index (κ1) is 22.7. The van der Waals surface area contributed by atoms with Crippen LogP contribution in [0, 0.1) is 10.1 Å². The molecule has 0 radical (unpaired) electrons. The highest BCUT2D eigenvalue weighted by atomic mass is 32.2. The molecule has 2 N–H and O–H groups in total. The van der Waals surface area contributed by atoms with Crippen LogP contribution >= 0.6 is 0 Å². The van der Waals surface area contributed by atoms with Crippen LogP contribution in [0.15, 0.2) is 81.1 Å². The quantitative estimate of drug-likeness (QED) is 0.285. The molecule has 0 aliphatic rings. The second-order valence-corrected chi connectivity index (χ2v) is 8.61. The monoisotopic (exact) mass is 457 g/mol. The lowest BCUT2D eigenvalue weighted by atomic mass is 10.2. The predicted octanol–water partition coefficient (Wildman–Crippen LogP) is 3.17. The lowest BCUT2D eigenvalue weighted by Gasteiger charge is -2.08. The van der Waals surface area contributed by atoms with Crippen LogP contribution in [0.3, 0.4) is 0 Å². The zero-order chi connectivity index (χ0) is 23.1. The van der Waals surface area contributed by atoms with Crippen molar-refractivity contribution in [2.24, 2.45) is 0 Å². The Morgan fingerprint density at radius 3 is 2.16 bits per heavy atom. The van der Waals surface area contributed by atoms with Crippen molar-refractivity contribution >= 4 is 33.0 Å². The number of rotatable bonds is 9. The van der Waals surface area contributed by atoms with Crippen molar-refractivity contribution in [2.75, 3.05) is 11.9 Å². The number of non-ortho nitro benzene ring substituents is 1. The highest BCUT2D eigenvalue weighted by molar-refractivity contribution is 7.91. The highest BCUT2D eigenvalue weighted by Gasteiger charge is 2.19. The minimum atomic E-state index is -3.85. The molecule has 0 unspecified atom stereocenters. The Bertz CT molecular complexity index is 1200. The van der Waals surface area contributed by atoms with Gasteiger partial charge in [-0.15, -0.1) is 0 Å². The summed E-state index contributed by atoms with van der Waals surface area (Å²) in [5.74, 6) is -0.457. The van der Waals surface area contributed by atoms with Crippen molar-refractivity contribution in [1.29, 1.82) is 0 Å². The van der Waals surface area contributed by atoms with Gasteiger partial charge in [0.2, 0.25) is 15.7 Å². The van der Waals surface area contributed by atoms with Gasteiger partial charge in [0.25, 0.3) is 11.6 Å². The minimum Gasteiger partial charge on any atom is -0.459 e. The largest absolute Gasteiger partial charge is 0.459 e. The number of hydrogen-bond donors (Lipinski definition) is 2. The average Bonchev–Trinajstić information content (AvgIpc) is 3.32. The van der Waals surface area contributed by atoms with Crippen LogP contribution < -0.4 is 10.6 Å². The van der Waals surface area contributed by atoms with Gasteiger partial charge in [-0.3, -0.25) is 19.7 Å². The van der Waals surface area contributed by atoms with Gasteiger partial charge in [-0.25, -0.2) is 8.42 Å². The second-order valence-electron chi connectivity index (χ2n) is 6.66. The van der Waals surface area contributed by atoms with E-state index >= 15 is 0 Å². The first-order valence-electron chi connectivity index (χ1n) is 9.48. The number of nitro groups is 1. The molecule has 2 aromatic carbocycles. The van der Waals surface area contributed by atoms with Crippen LogP contribution in [-0.4, -0.2) is 31.7 Å². The van der Waals surface area contributed by atoms with Gasteiger partial charge in [0.1, 0.15) is 0 Å². The number of sulfone groups is 1. The van der Waals surface area contributed by atoms with Crippen LogP contribution in [0.5, 0.6) is 0 Å². The van der Waals surface area contributed by atoms with Crippen molar-refractivity contribution in [3.63, 3.8) is 0 Å². The van der Waals surface area contributed by atoms with Crippen molar-refractivity contribution in [1.82, 2.24) is 5.32 Å². The molecule has 0 saturated carbocycles. The van der Waals surface area contributed by atoms with E-state index in [1.165, 1.54) is 48.7 Å². The van der Waals surface area contributed by atoms with Crippen molar-refractivity contribution in [3.8, 4) is 0 Å². The molecule has 10 nitrogen and oxygen atoms in total. The number of carbonyl (C=O) groups is 2. The van der Waals surface area contributed by atoms with E-state index in [2.05, 4.69) is 10.6 Å². The second kappa shape index (κ2) is 9.88. The van der Waals surface area contributed by atoms with Crippen LogP contribution in [0.1, 0.15) is 23.4 Å². The molecule has 0 spiro atoms. The Kier molecular flexibility index (Phi) is 7.00. The van der Waals surface area contributed by atoms with Gasteiger partial charge in [0, 0.05) is 30.8 Å². The Hall–Kier alpha value is -3.99. The van der Waals surface area contributed by atoms with Crippen molar-refractivity contribution in [3.05, 3.63) is 82.8 Å². The van der Waals surface area contributed by atoms with E-state index in [4.69, 9.17) is 4.42 Å². The van der Waals surface area contributed by atoms with Crippen LogP contribution in [0.4, 0.5) is 11.4 Å². The van der Waals surface area contributed by atoms with E-state index in [1.54, 1.807) is 6.07 Å². The third-order valence-corrected chi connectivity index (χ3v) is 6.20. The molecule has 1 aromatic heterocycles. The zero-order valence-electron chi connectivity index (χ0n) is 16.7. The van der Waals surface area contributed by atoms with Gasteiger partial charge >= 0.3 is 0 Å². The van der Waals surface area contributed by atoms with Gasteiger partial charge in [0.05, 0.1) is 21.0 Å². The summed E-state index contributed by atoms with van der Waals surface area (Å²) in [7, 11) is -3.85. The molecule has 32 heavy (non-hydrogen) atoms. The van der Waals surface area contributed by atoms with Gasteiger partial charge in [0.15, 0.2) is 5.76 Å². The first-order chi connectivity index (χ1) is 15.3. The molecular formula is C21H19N3O7S. The summed E-state index contributed by atoms with van der Waals surface area (Å²) in [4.78, 5) is 33.8. The number of anilines is 1. The number of nitro benzene ring substituents is 1. The van der Waals surface area contributed by atoms with Crippen molar-refractivity contribution < 1.29 is 27.3 Å². The molecule has 0 fully saturated rings. The highest BCUT2D eigenvalue weighted by Crippen LogP contribution is 2.24. The molecule has 0 atom stereocenters. The molecule has 0 aliphatic carbocycles.